The van der Waals surface area contributed by atoms with E-state index in [-0.39, 0.29) is 29.5 Å². The molecule has 6 heteroatoms. The maximum Gasteiger partial charge on any atom is 0.151 e. The van der Waals surface area contributed by atoms with E-state index in [1.807, 2.05) is 0 Å². The molecule has 9 atom stereocenters. The number of Topliss-reactive ketones (excluding diaryl/α,β-unsaturated/α-hetero) is 1. The first kappa shape index (κ1) is 22.3. The summed E-state index contributed by atoms with van der Waals surface area (Å²) in [5.41, 5.74) is 6.67. The first-order valence-electron chi connectivity index (χ1n) is 13.0. The van der Waals surface area contributed by atoms with Crippen LogP contribution in [0.4, 0.5) is 0 Å². The molecule has 1 aliphatic heterocycles. The lowest BCUT2D eigenvalue weighted by Crippen LogP contribution is -2.56. The fourth-order valence-corrected chi connectivity index (χ4v) is 9.25. The van der Waals surface area contributed by atoms with Crippen molar-refractivity contribution in [2.45, 2.75) is 90.2 Å². The summed E-state index contributed by atoms with van der Waals surface area (Å²) >= 11 is 0. The molecule has 31 heavy (non-hydrogen) atoms. The zero-order chi connectivity index (χ0) is 21.8. The Labute approximate surface area is 187 Å². The van der Waals surface area contributed by atoms with E-state index in [4.69, 9.17) is 0 Å². The van der Waals surface area contributed by atoms with Gasteiger partial charge in [0.2, 0.25) is 0 Å². The predicted octanol–water partition coefficient (Wildman–Crippen LogP) is 2.65. The van der Waals surface area contributed by atoms with E-state index in [0.717, 1.165) is 45.1 Å². The lowest BCUT2D eigenvalue weighted by molar-refractivity contribution is -0.149. The standard InChI is InChI=1S/C25H43N3O3/c1-16-14-26-27-28(16)15-23(31)22-6-5-20-19-4-3-17-13-18(30)7-10-25(17,11-12-29)21(19)8-9-24(20,22)2/h16-22,26-27,29-30H,3-15H2,1-2H3/t16?,17-,18+,19-,20-,21-,22+,24-,25+/m0/s1. The smallest absolute Gasteiger partial charge is 0.151 e. The largest absolute Gasteiger partial charge is 0.396 e. The van der Waals surface area contributed by atoms with Crippen molar-refractivity contribution < 1.29 is 15.0 Å². The molecule has 5 aliphatic rings. The third-order valence-corrected chi connectivity index (χ3v) is 10.8. The molecule has 176 valence electrons. The molecule has 0 aromatic heterocycles. The molecule has 6 nitrogen and oxygen atoms in total. The van der Waals surface area contributed by atoms with E-state index >= 15 is 0 Å². The topological polar surface area (TPSA) is 84.8 Å². The van der Waals surface area contributed by atoms with Crippen LogP contribution in [-0.4, -0.2) is 52.8 Å². The number of nitrogens with one attached hydrogen (secondary N) is 2. The molecule has 4 saturated carbocycles. The summed E-state index contributed by atoms with van der Waals surface area (Å²) in [7, 11) is 0. The molecule has 0 aromatic rings. The van der Waals surface area contributed by atoms with Crippen molar-refractivity contribution in [3.05, 3.63) is 0 Å². The molecule has 4 N–H and O–H groups in total. The highest BCUT2D eigenvalue weighted by Crippen LogP contribution is 2.68. The van der Waals surface area contributed by atoms with Crippen LogP contribution >= 0.6 is 0 Å². The summed E-state index contributed by atoms with van der Waals surface area (Å²) < 4.78 is 0. The second kappa shape index (κ2) is 8.35. The number of nitrogens with zero attached hydrogens (tertiary/aromatic N) is 1. The Bertz CT molecular complexity index is 689. The molecule has 0 aromatic carbocycles. The maximum atomic E-state index is 13.4. The van der Waals surface area contributed by atoms with Crippen LogP contribution in [0.2, 0.25) is 0 Å². The van der Waals surface area contributed by atoms with Crippen LogP contribution in [0.3, 0.4) is 0 Å². The summed E-state index contributed by atoms with van der Waals surface area (Å²) in [6.45, 7) is 6.24. The Balaban J connectivity index is 1.35. The highest BCUT2D eigenvalue weighted by Gasteiger charge is 2.62. The first-order chi connectivity index (χ1) is 14.9. The Kier molecular flexibility index (Phi) is 6.00. The second-order valence-corrected chi connectivity index (χ2v) is 11.9. The molecule has 0 spiro atoms. The Morgan fingerprint density at radius 2 is 1.94 bits per heavy atom. The molecule has 1 saturated heterocycles. The molecule has 1 heterocycles. The van der Waals surface area contributed by atoms with Gasteiger partial charge in [-0.2, -0.15) is 5.53 Å². The van der Waals surface area contributed by atoms with E-state index in [1.165, 1.54) is 25.7 Å². The zero-order valence-electron chi connectivity index (χ0n) is 19.5. The predicted molar refractivity (Wildman–Crippen MR) is 120 cm³/mol. The highest BCUT2D eigenvalue weighted by atomic mass is 16.3. The Hall–Kier alpha value is -0.530. The Morgan fingerprint density at radius 3 is 2.68 bits per heavy atom. The van der Waals surface area contributed by atoms with Crippen LogP contribution in [0.1, 0.15) is 78.1 Å². The van der Waals surface area contributed by atoms with Gasteiger partial charge in [0.1, 0.15) is 0 Å². The number of hydrogen-bond donors (Lipinski definition) is 4. The van der Waals surface area contributed by atoms with Crippen LogP contribution in [0, 0.1) is 40.4 Å². The number of carbonyl (C=O) groups is 1. The normalized spacial score (nSPS) is 50.0. The molecule has 4 aliphatic carbocycles. The summed E-state index contributed by atoms with van der Waals surface area (Å²) in [6, 6.07) is 0.347. The first-order valence-corrected chi connectivity index (χ1v) is 13.0. The van der Waals surface area contributed by atoms with Crippen LogP contribution in [0.25, 0.3) is 0 Å². The minimum Gasteiger partial charge on any atom is -0.396 e. The number of aliphatic hydroxyl groups excluding tert-OH is 2. The third-order valence-electron chi connectivity index (χ3n) is 10.8. The van der Waals surface area contributed by atoms with Crippen molar-refractivity contribution in [1.82, 2.24) is 16.0 Å². The SMILES string of the molecule is CC1CNNN1CC(=O)[C@H]1CC[C@H]2[C@@H]3CC[C@H]4C[C@H](O)CC[C@]4(CCO)[C@H]3CC[C@]12C. The Morgan fingerprint density at radius 1 is 1.10 bits per heavy atom. The fraction of sp³-hybridized carbons (Fsp3) is 0.960. The molecule has 0 radical (unpaired) electrons. The van der Waals surface area contributed by atoms with Crippen molar-refractivity contribution in [3.8, 4) is 0 Å². The van der Waals surface area contributed by atoms with E-state index < -0.39 is 0 Å². The molecular formula is C25H43N3O3. The molecule has 0 bridgehead atoms. The van der Waals surface area contributed by atoms with Crippen LogP contribution in [0.5, 0.6) is 0 Å². The van der Waals surface area contributed by atoms with Crippen molar-refractivity contribution in [1.29, 1.82) is 0 Å². The third kappa shape index (κ3) is 3.52. The summed E-state index contributed by atoms with van der Waals surface area (Å²) in [5.74, 6) is 3.19. The summed E-state index contributed by atoms with van der Waals surface area (Å²) in [6.07, 6.45) is 10.7. The molecular weight excluding hydrogens is 390 g/mol. The molecule has 1 unspecified atom stereocenters. The van der Waals surface area contributed by atoms with Crippen molar-refractivity contribution >= 4 is 5.78 Å². The van der Waals surface area contributed by atoms with Gasteiger partial charge in [-0.15, -0.1) is 0 Å². The molecule has 5 fully saturated rings. The van der Waals surface area contributed by atoms with Crippen LogP contribution < -0.4 is 11.0 Å². The van der Waals surface area contributed by atoms with Gasteiger partial charge in [0.15, 0.2) is 5.78 Å². The van der Waals surface area contributed by atoms with E-state index in [0.29, 0.717) is 42.0 Å². The van der Waals surface area contributed by atoms with Gasteiger partial charge in [-0.05, 0) is 106 Å². The van der Waals surface area contributed by atoms with Gasteiger partial charge in [-0.1, -0.05) is 6.92 Å². The number of aliphatic hydroxyl groups is 2. The van der Waals surface area contributed by atoms with E-state index in [2.05, 4.69) is 29.8 Å². The van der Waals surface area contributed by atoms with E-state index in [9.17, 15) is 15.0 Å². The molecule has 5 rings (SSSR count). The van der Waals surface area contributed by atoms with Crippen molar-refractivity contribution in [3.63, 3.8) is 0 Å². The number of ketones is 1. The van der Waals surface area contributed by atoms with Gasteiger partial charge in [-0.25, -0.2) is 10.4 Å². The van der Waals surface area contributed by atoms with Gasteiger partial charge >= 0.3 is 0 Å². The van der Waals surface area contributed by atoms with Crippen molar-refractivity contribution in [2.75, 3.05) is 19.7 Å². The summed E-state index contributed by atoms with van der Waals surface area (Å²) in [4.78, 5) is 13.4. The number of fused-ring (bicyclic) bond motifs is 5. The number of rotatable bonds is 5. The van der Waals surface area contributed by atoms with E-state index in [1.54, 1.807) is 0 Å². The lowest BCUT2D eigenvalue weighted by atomic mass is 9.43. The van der Waals surface area contributed by atoms with Gasteiger partial charge in [-0.3, -0.25) is 4.79 Å². The summed E-state index contributed by atoms with van der Waals surface area (Å²) in [5, 5.41) is 22.4. The minimum atomic E-state index is -0.146. The maximum absolute atomic E-state index is 13.4. The average Bonchev–Trinajstić information content (AvgIpc) is 3.31. The minimum absolute atomic E-state index is 0.135. The van der Waals surface area contributed by atoms with Gasteiger partial charge in [0.05, 0.1) is 12.6 Å². The number of hydrazine groups is 2. The van der Waals surface area contributed by atoms with Gasteiger partial charge < -0.3 is 10.2 Å². The lowest BCUT2D eigenvalue weighted by Gasteiger charge is -2.62. The highest BCUT2D eigenvalue weighted by molar-refractivity contribution is 5.84. The number of carbonyl (C=O) groups excluding carboxylic acids is 1. The van der Waals surface area contributed by atoms with Crippen LogP contribution in [-0.2, 0) is 4.79 Å². The number of hydrogen-bond acceptors (Lipinski definition) is 6. The monoisotopic (exact) mass is 433 g/mol. The zero-order valence-corrected chi connectivity index (χ0v) is 19.5. The average molecular weight is 434 g/mol. The van der Waals surface area contributed by atoms with Crippen molar-refractivity contribution in [2.24, 2.45) is 40.4 Å². The fourth-order valence-electron chi connectivity index (χ4n) is 9.25. The van der Waals surface area contributed by atoms with Gasteiger partial charge in [0, 0.05) is 25.1 Å². The quantitative estimate of drug-likeness (QED) is 0.533. The molecule has 0 amide bonds. The van der Waals surface area contributed by atoms with Gasteiger partial charge in [0.25, 0.3) is 0 Å². The van der Waals surface area contributed by atoms with Crippen LogP contribution in [0.15, 0.2) is 0 Å². The second-order valence-electron chi connectivity index (χ2n) is 11.9.